The molecular formula is C32H20N2O4. The van der Waals surface area contributed by atoms with Crippen LogP contribution in [0.1, 0.15) is 31.8 Å². The Balaban J connectivity index is 1.63. The van der Waals surface area contributed by atoms with Gasteiger partial charge in [0.05, 0.1) is 22.5 Å². The molecule has 0 N–H and O–H groups in total. The van der Waals surface area contributed by atoms with Crippen molar-refractivity contribution in [2.24, 2.45) is 0 Å². The van der Waals surface area contributed by atoms with Crippen LogP contribution in [-0.2, 0) is 9.59 Å². The lowest BCUT2D eigenvalue weighted by Gasteiger charge is -2.23. The van der Waals surface area contributed by atoms with Crippen LogP contribution in [0.25, 0.3) is 11.4 Å². The van der Waals surface area contributed by atoms with Gasteiger partial charge in [0.1, 0.15) is 0 Å². The molecule has 0 bridgehead atoms. The predicted molar refractivity (Wildman–Crippen MR) is 142 cm³/mol. The number of hydrogen-bond acceptors (Lipinski definition) is 4. The van der Waals surface area contributed by atoms with Crippen molar-refractivity contribution < 1.29 is 19.2 Å². The zero-order chi connectivity index (χ0) is 26.2. The van der Waals surface area contributed by atoms with Crippen LogP contribution < -0.4 is 0 Å². The molecule has 6 nitrogen and oxygen atoms in total. The van der Waals surface area contributed by atoms with E-state index in [1.54, 1.807) is 109 Å². The van der Waals surface area contributed by atoms with Crippen molar-refractivity contribution in [1.29, 1.82) is 0 Å². The van der Waals surface area contributed by atoms with Crippen LogP contribution in [0.4, 0.5) is 0 Å². The van der Waals surface area contributed by atoms with Gasteiger partial charge in [0, 0.05) is 11.1 Å². The van der Waals surface area contributed by atoms with E-state index in [0.717, 1.165) is 9.80 Å². The normalized spacial score (nSPS) is 14.8. The van der Waals surface area contributed by atoms with Gasteiger partial charge in [-0.15, -0.1) is 0 Å². The van der Waals surface area contributed by atoms with Gasteiger partial charge in [0.15, 0.2) is 0 Å². The quantitative estimate of drug-likeness (QED) is 0.365. The zero-order valence-corrected chi connectivity index (χ0v) is 20.1. The summed E-state index contributed by atoms with van der Waals surface area (Å²) in [7, 11) is 0. The van der Waals surface area contributed by atoms with Crippen molar-refractivity contribution in [2.75, 3.05) is 0 Å². The van der Waals surface area contributed by atoms with Crippen LogP contribution in [0.2, 0.25) is 0 Å². The first kappa shape index (κ1) is 23.1. The molecule has 6 heteroatoms. The molecule has 4 aromatic rings. The Kier molecular flexibility index (Phi) is 5.62. The summed E-state index contributed by atoms with van der Waals surface area (Å²) in [5.41, 5.74) is 2.06. The minimum atomic E-state index is -0.650. The molecule has 0 atom stereocenters. The number of amides is 4. The van der Waals surface area contributed by atoms with Gasteiger partial charge >= 0.3 is 0 Å². The number of benzene rings is 4. The molecule has 0 fully saturated rings. The molecular weight excluding hydrogens is 476 g/mol. The highest BCUT2D eigenvalue weighted by Gasteiger charge is 2.52. The van der Waals surface area contributed by atoms with Crippen molar-refractivity contribution in [1.82, 2.24) is 9.80 Å². The first-order chi connectivity index (χ1) is 18.6. The first-order valence-electron chi connectivity index (χ1n) is 12.1. The fraction of sp³-hybridized carbons (Fsp3) is 0. The molecule has 2 heterocycles. The second-order valence-electron chi connectivity index (χ2n) is 8.80. The summed E-state index contributed by atoms with van der Waals surface area (Å²) in [6.07, 6.45) is 0. The van der Waals surface area contributed by atoms with Gasteiger partial charge in [-0.1, -0.05) is 97.1 Å². The van der Waals surface area contributed by atoms with E-state index in [-0.39, 0.29) is 22.5 Å². The summed E-state index contributed by atoms with van der Waals surface area (Å²) in [6, 6.07) is 34.5. The monoisotopic (exact) mass is 496 g/mol. The van der Waals surface area contributed by atoms with Crippen LogP contribution in [0.3, 0.4) is 0 Å². The number of carbonyl (C=O) groups excluding carboxylic acids is 4. The number of nitrogens with zero attached hydrogens (tertiary/aromatic N) is 2. The van der Waals surface area contributed by atoms with Crippen molar-refractivity contribution in [3.05, 3.63) is 155 Å². The maximum atomic E-state index is 14.1. The van der Waals surface area contributed by atoms with Crippen LogP contribution in [-0.4, -0.2) is 33.4 Å². The van der Waals surface area contributed by atoms with E-state index in [9.17, 15) is 19.2 Å². The number of fused-ring (bicyclic) bond motifs is 1. The molecule has 4 aromatic carbocycles. The van der Waals surface area contributed by atoms with E-state index < -0.39 is 23.6 Å². The van der Waals surface area contributed by atoms with Gasteiger partial charge in [0.2, 0.25) is 0 Å². The zero-order valence-electron chi connectivity index (χ0n) is 20.1. The maximum Gasteiger partial charge on any atom is 0.268 e. The Morgan fingerprint density at radius 2 is 0.711 bits per heavy atom. The predicted octanol–water partition coefficient (Wildman–Crippen LogP) is 5.17. The minimum Gasteiger partial charge on any atom is -0.268 e. The maximum absolute atomic E-state index is 14.1. The Bertz CT molecular complexity index is 1530. The van der Waals surface area contributed by atoms with Gasteiger partial charge < -0.3 is 0 Å². The molecule has 0 aromatic heterocycles. The Hall–Kier alpha value is -5.36. The van der Waals surface area contributed by atoms with Crippen LogP contribution in [0.15, 0.2) is 132 Å². The van der Waals surface area contributed by atoms with Crippen LogP contribution >= 0.6 is 0 Å². The molecule has 0 unspecified atom stereocenters. The Morgan fingerprint density at radius 1 is 0.421 bits per heavy atom. The minimum absolute atomic E-state index is 0.0358. The van der Waals surface area contributed by atoms with Crippen LogP contribution in [0.5, 0.6) is 0 Å². The molecule has 0 aliphatic carbocycles. The lowest BCUT2D eigenvalue weighted by molar-refractivity contribution is -0.122. The third kappa shape index (κ3) is 3.59. The highest BCUT2D eigenvalue weighted by atomic mass is 16.2. The van der Waals surface area contributed by atoms with E-state index in [4.69, 9.17) is 0 Å². The van der Waals surface area contributed by atoms with Crippen molar-refractivity contribution in [2.45, 2.75) is 0 Å². The van der Waals surface area contributed by atoms with Crippen molar-refractivity contribution >= 4 is 35.0 Å². The molecule has 0 spiro atoms. The highest BCUT2D eigenvalue weighted by Crippen LogP contribution is 2.47. The van der Waals surface area contributed by atoms with E-state index in [1.165, 1.54) is 0 Å². The smallest absolute Gasteiger partial charge is 0.268 e. The Labute approximate surface area is 218 Å². The lowest BCUT2D eigenvalue weighted by atomic mass is 10.0. The molecule has 0 radical (unpaired) electrons. The molecule has 2 aliphatic rings. The largest absolute Gasteiger partial charge is 0.268 e. The molecule has 0 saturated carbocycles. The second-order valence-corrected chi connectivity index (χ2v) is 8.80. The fourth-order valence-corrected chi connectivity index (χ4v) is 4.85. The van der Waals surface area contributed by atoms with E-state index in [0.29, 0.717) is 22.3 Å². The molecule has 38 heavy (non-hydrogen) atoms. The van der Waals surface area contributed by atoms with Crippen molar-refractivity contribution in [3.63, 3.8) is 0 Å². The second kappa shape index (κ2) is 9.26. The van der Waals surface area contributed by atoms with E-state index in [2.05, 4.69) is 0 Å². The molecule has 2 aliphatic heterocycles. The van der Waals surface area contributed by atoms with Crippen LogP contribution in [0, 0.1) is 0 Å². The third-order valence-electron chi connectivity index (χ3n) is 6.55. The van der Waals surface area contributed by atoms with Gasteiger partial charge in [-0.3, -0.25) is 19.2 Å². The van der Waals surface area contributed by atoms with E-state index >= 15 is 0 Å². The van der Waals surface area contributed by atoms with Gasteiger partial charge in [-0.2, -0.15) is 0 Å². The standard InChI is InChI=1S/C32H20N2O4/c35-29(23-17-9-3-10-18-23)33-27(21-13-5-1-6-14-21)25-26(32(33)38)28(22-15-7-2-8-16-22)34(31(25)37)30(36)24-19-11-4-12-20-24/h1-20H. The van der Waals surface area contributed by atoms with Gasteiger partial charge in [-0.25, -0.2) is 9.80 Å². The molecule has 0 saturated heterocycles. The first-order valence-corrected chi connectivity index (χ1v) is 12.1. The average Bonchev–Trinajstić information content (AvgIpc) is 3.45. The average molecular weight is 497 g/mol. The number of rotatable bonds is 4. The summed E-state index contributed by atoms with van der Waals surface area (Å²) < 4.78 is 0. The van der Waals surface area contributed by atoms with E-state index in [1.807, 2.05) is 12.1 Å². The summed E-state index contributed by atoms with van der Waals surface area (Å²) >= 11 is 0. The lowest BCUT2D eigenvalue weighted by Crippen LogP contribution is -2.36. The fourth-order valence-electron chi connectivity index (χ4n) is 4.85. The summed E-state index contributed by atoms with van der Waals surface area (Å²) in [5.74, 6) is -2.40. The highest BCUT2D eigenvalue weighted by molar-refractivity contribution is 6.37. The van der Waals surface area contributed by atoms with Crippen molar-refractivity contribution in [3.8, 4) is 0 Å². The van der Waals surface area contributed by atoms with Gasteiger partial charge in [-0.05, 0) is 35.4 Å². The number of hydrogen-bond donors (Lipinski definition) is 0. The SMILES string of the molecule is O=C1C2=C(c3ccccc3)N(C(=O)c3ccccc3)C(=O)C2=C(c2ccccc2)N1C(=O)c1ccccc1. The number of carbonyl (C=O) groups is 4. The summed E-state index contributed by atoms with van der Waals surface area (Å²) in [6.45, 7) is 0. The topological polar surface area (TPSA) is 74.8 Å². The summed E-state index contributed by atoms with van der Waals surface area (Å²) in [4.78, 5) is 57.8. The van der Waals surface area contributed by atoms with Gasteiger partial charge in [0.25, 0.3) is 23.6 Å². The Morgan fingerprint density at radius 3 is 1.03 bits per heavy atom. The number of imide groups is 2. The summed E-state index contributed by atoms with van der Waals surface area (Å²) in [5, 5.41) is 0. The molecule has 182 valence electrons. The third-order valence-corrected chi connectivity index (χ3v) is 6.55. The molecule has 6 rings (SSSR count). The molecule has 4 amide bonds.